The Kier molecular flexibility index (Phi) is 5.65. The van der Waals surface area contributed by atoms with Crippen LogP contribution in [0.25, 0.3) is 11.1 Å². The van der Waals surface area contributed by atoms with Gasteiger partial charge >= 0.3 is 6.09 Å². The van der Waals surface area contributed by atoms with Crippen LogP contribution in [0.5, 0.6) is 0 Å². The second kappa shape index (κ2) is 8.97. The summed E-state index contributed by atoms with van der Waals surface area (Å²) in [6.45, 7) is 2.99. The Morgan fingerprint density at radius 1 is 1.00 bits per heavy atom. The highest BCUT2D eigenvalue weighted by Crippen LogP contribution is 2.44. The molecule has 2 heterocycles. The van der Waals surface area contributed by atoms with Gasteiger partial charge in [0.05, 0.1) is 25.3 Å². The molecule has 0 spiro atoms. The number of morpholine rings is 1. The summed E-state index contributed by atoms with van der Waals surface area (Å²) in [6.07, 6.45) is 2.98. The number of carbonyl (C=O) groups is 1. The number of hydrogen-bond acceptors (Lipinski definition) is 3. The Bertz CT molecular complexity index is 1270. The van der Waals surface area contributed by atoms with Crippen LogP contribution in [0.2, 0.25) is 0 Å². The van der Waals surface area contributed by atoms with Crippen LogP contribution in [0.15, 0.2) is 78.4 Å². The van der Waals surface area contributed by atoms with Gasteiger partial charge in [-0.3, -0.25) is 4.90 Å². The summed E-state index contributed by atoms with van der Waals surface area (Å²) in [5.41, 5.74) is 7.33. The summed E-state index contributed by atoms with van der Waals surface area (Å²) in [5.74, 6) is -0.114. The van der Waals surface area contributed by atoms with Gasteiger partial charge in [0.2, 0.25) is 0 Å². The third-order valence-electron chi connectivity index (χ3n) is 7.51. The normalized spacial score (nSPS) is 20.7. The van der Waals surface area contributed by atoms with E-state index in [0.717, 1.165) is 5.57 Å². The van der Waals surface area contributed by atoms with Crippen LogP contribution in [-0.4, -0.2) is 42.9 Å². The number of halogens is 1. The van der Waals surface area contributed by atoms with E-state index in [1.165, 1.54) is 22.3 Å². The summed E-state index contributed by atoms with van der Waals surface area (Å²) in [7, 11) is 0. The summed E-state index contributed by atoms with van der Waals surface area (Å²) >= 11 is 0. The van der Waals surface area contributed by atoms with Gasteiger partial charge in [0.1, 0.15) is 12.4 Å². The number of benzene rings is 3. The van der Waals surface area contributed by atoms with Crippen molar-refractivity contribution in [3.05, 3.63) is 106 Å². The van der Waals surface area contributed by atoms with Crippen molar-refractivity contribution in [3.8, 4) is 11.1 Å². The smallest absolute Gasteiger partial charge is 0.410 e. The van der Waals surface area contributed by atoms with Crippen molar-refractivity contribution in [1.82, 2.24) is 4.90 Å². The van der Waals surface area contributed by atoms with E-state index >= 15 is 0 Å². The summed E-state index contributed by atoms with van der Waals surface area (Å²) in [6, 6.07) is 21.9. The second-order valence-electron chi connectivity index (χ2n) is 9.72. The van der Waals surface area contributed by atoms with Crippen molar-refractivity contribution < 1.29 is 18.7 Å². The van der Waals surface area contributed by atoms with E-state index in [1.54, 1.807) is 13.0 Å². The third kappa shape index (κ3) is 3.94. The number of fused-ring (bicyclic) bond motifs is 5. The maximum Gasteiger partial charge on any atom is 0.410 e. The van der Waals surface area contributed by atoms with Crippen molar-refractivity contribution in [3.63, 3.8) is 0 Å². The molecule has 2 unspecified atom stereocenters. The lowest BCUT2D eigenvalue weighted by molar-refractivity contribution is -0.0364. The molecular formula is C30H28FNO3. The molecular weight excluding hydrogens is 441 g/mol. The fourth-order valence-corrected chi connectivity index (χ4v) is 5.86. The molecule has 0 saturated carbocycles. The van der Waals surface area contributed by atoms with Gasteiger partial charge in [-0.2, -0.15) is 0 Å². The zero-order chi connectivity index (χ0) is 23.9. The van der Waals surface area contributed by atoms with E-state index in [9.17, 15) is 9.18 Å². The van der Waals surface area contributed by atoms with Crippen LogP contribution < -0.4 is 0 Å². The largest absolute Gasteiger partial charge is 0.448 e. The highest BCUT2D eigenvalue weighted by atomic mass is 19.1. The molecule has 178 valence electrons. The minimum Gasteiger partial charge on any atom is -0.448 e. The molecule has 1 amide bonds. The van der Waals surface area contributed by atoms with Gasteiger partial charge in [-0.1, -0.05) is 78.4 Å². The first kappa shape index (κ1) is 22.1. The van der Waals surface area contributed by atoms with E-state index in [2.05, 4.69) is 30.3 Å². The Balaban J connectivity index is 1.19. The van der Waals surface area contributed by atoms with E-state index in [-0.39, 0.29) is 29.9 Å². The monoisotopic (exact) mass is 469 g/mol. The lowest BCUT2D eigenvalue weighted by atomic mass is 9.90. The van der Waals surface area contributed by atoms with Crippen molar-refractivity contribution in [1.29, 1.82) is 0 Å². The van der Waals surface area contributed by atoms with Gasteiger partial charge in [-0.15, -0.1) is 0 Å². The molecule has 3 aromatic carbocycles. The molecule has 0 N–H and O–H groups in total. The van der Waals surface area contributed by atoms with Gasteiger partial charge in [-0.05, 0) is 53.1 Å². The summed E-state index contributed by atoms with van der Waals surface area (Å²) in [5, 5.41) is 0. The first-order valence-corrected chi connectivity index (χ1v) is 12.2. The molecule has 2 atom stereocenters. The maximum atomic E-state index is 14.6. The predicted molar refractivity (Wildman–Crippen MR) is 133 cm³/mol. The van der Waals surface area contributed by atoms with Crippen molar-refractivity contribution in [2.75, 3.05) is 19.8 Å². The number of nitrogens with zero attached hydrogens (tertiary/aromatic N) is 1. The molecule has 2 bridgehead atoms. The fourth-order valence-electron chi connectivity index (χ4n) is 5.86. The molecule has 0 aromatic heterocycles. The minimum absolute atomic E-state index is 0.0302. The zero-order valence-electron chi connectivity index (χ0n) is 19.7. The van der Waals surface area contributed by atoms with E-state index in [4.69, 9.17) is 9.47 Å². The van der Waals surface area contributed by atoms with E-state index < -0.39 is 0 Å². The van der Waals surface area contributed by atoms with Gasteiger partial charge in [0.25, 0.3) is 0 Å². The molecule has 3 aromatic rings. The van der Waals surface area contributed by atoms with Crippen LogP contribution in [0.4, 0.5) is 9.18 Å². The summed E-state index contributed by atoms with van der Waals surface area (Å²) < 4.78 is 26.3. The molecule has 3 aliphatic rings. The molecule has 0 radical (unpaired) electrons. The van der Waals surface area contributed by atoms with Crippen molar-refractivity contribution in [2.24, 2.45) is 0 Å². The Hall–Kier alpha value is -3.44. The third-order valence-corrected chi connectivity index (χ3v) is 7.51. The van der Waals surface area contributed by atoms with E-state index in [1.807, 2.05) is 41.3 Å². The highest BCUT2D eigenvalue weighted by molar-refractivity contribution is 5.79. The molecule has 1 saturated heterocycles. The number of carbonyl (C=O) groups excluding carboxylic acids is 1. The first-order valence-electron chi connectivity index (χ1n) is 12.2. The number of hydrogen-bond donors (Lipinski definition) is 0. The first-order chi connectivity index (χ1) is 17.1. The Morgan fingerprint density at radius 3 is 2.43 bits per heavy atom. The van der Waals surface area contributed by atoms with Crippen LogP contribution >= 0.6 is 0 Å². The van der Waals surface area contributed by atoms with Crippen LogP contribution in [0.3, 0.4) is 0 Å². The number of rotatable bonds is 4. The van der Waals surface area contributed by atoms with Gasteiger partial charge in [-0.25, -0.2) is 9.18 Å². The molecule has 1 aliphatic carbocycles. The van der Waals surface area contributed by atoms with Gasteiger partial charge < -0.3 is 9.47 Å². The molecule has 4 nitrogen and oxygen atoms in total. The number of aryl methyl sites for hydroxylation is 1. The Morgan fingerprint density at radius 2 is 1.71 bits per heavy atom. The standard InChI is InChI=1S/C30H28FNO3/c1-19-7-6-8-21(29(19)31)13-20-14-22-16-34-17-23(15-20)32(22)30(33)35-18-28-26-11-4-2-9-24(26)25-10-3-5-12-27(25)28/h2-12,14,22-23,28H,13,15-18H2,1H3. The van der Waals surface area contributed by atoms with Crippen LogP contribution in [-0.2, 0) is 15.9 Å². The highest BCUT2D eigenvalue weighted by Gasteiger charge is 2.39. The van der Waals surface area contributed by atoms with Crippen molar-refractivity contribution in [2.45, 2.75) is 37.8 Å². The lowest BCUT2D eigenvalue weighted by Gasteiger charge is -2.44. The number of amides is 1. The molecule has 35 heavy (non-hydrogen) atoms. The van der Waals surface area contributed by atoms with Crippen LogP contribution in [0.1, 0.15) is 34.6 Å². The Labute approximate surface area is 205 Å². The quantitative estimate of drug-likeness (QED) is 0.438. The number of ether oxygens (including phenoxy) is 2. The average Bonchev–Trinajstić information content (AvgIpc) is 3.18. The molecule has 2 aliphatic heterocycles. The summed E-state index contributed by atoms with van der Waals surface area (Å²) in [4.78, 5) is 15.1. The van der Waals surface area contributed by atoms with E-state index in [0.29, 0.717) is 43.8 Å². The maximum absolute atomic E-state index is 14.6. The average molecular weight is 470 g/mol. The molecule has 6 rings (SSSR count). The zero-order valence-corrected chi connectivity index (χ0v) is 19.7. The molecule has 1 fully saturated rings. The predicted octanol–water partition coefficient (Wildman–Crippen LogP) is 6.03. The second-order valence-corrected chi connectivity index (χ2v) is 9.72. The van der Waals surface area contributed by atoms with Gasteiger partial charge in [0, 0.05) is 5.92 Å². The minimum atomic E-state index is -0.304. The van der Waals surface area contributed by atoms with Crippen molar-refractivity contribution >= 4 is 6.09 Å². The SMILES string of the molecule is Cc1cccc(CC2=CC3COCC(C2)N3C(=O)OCC2c3ccccc3-c3ccccc32)c1F. The van der Waals surface area contributed by atoms with Crippen LogP contribution in [0, 0.1) is 12.7 Å². The topological polar surface area (TPSA) is 38.8 Å². The van der Waals surface area contributed by atoms with Gasteiger partial charge in [0.15, 0.2) is 0 Å². The lowest BCUT2D eigenvalue weighted by Crippen LogP contribution is -2.56. The fraction of sp³-hybridized carbons (Fsp3) is 0.300. The molecule has 5 heteroatoms.